The molecule has 88 valence electrons. The zero-order chi connectivity index (χ0) is 12.1. The summed E-state index contributed by atoms with van der Waals surface area (Å²) in [4.78, 5) is 12.1. The van der Waals surface area contributed by atoms with Gasteiger partial charge in [0.15, 0.2) is 5.78 Å². The number of ether oxygens (including phenoxy) is 1. The Kier molecular flexibility index (Phi) is 4.50. The molecule has 0 radical (unpaired) electrons. The zero-order valence-corrected chi connectivity index (χ0v) is 9.93. The predicted octanol–water partition coefficient (Wildman–Crippen LogP) is 2.14. The molecule has 1 N–H and O–H groups in total. The van der Waals surface area contributed by atoms with Crippen LogP contribution in [0.3, 0.4) is 0 Å². The number of hydrogen-bond acceptors (Lipinski definition) is 3. The topological polar surface area (TPSA) is 46.5 Å². The van der Waals surface area contributed by atoms with Gasteiger partial charge in [0.2, 0.25) is 0 Å². The summed E-state index contributed by atoms with van der Waals surface area (Å²) in [5.41, 5.74) is 0.590. The Hall–Kier alpha value is -1.35. The molecule has 0 heterocycles. The summed E-state index contributed by atoms with van der Waals surface area (Å²) in [6.07, 6.45) is 0. The summed E-state index contributed by atoms with van der Waals surface area (Å²) in [5, 5.41) is 9.20. The summed E-state index contributed by atoms with van der Waals surface area (Å²) in [6, 6.07) is 7.02. The summed E-state index contributed by atoms with van der Waals surface area (Å²) in [6.45, 7) is 3.74. The van der Waals surface area contributed by atoms with Gasteiger partial charge >= 0.3 is 0 Å². The van der Waals surface area contributed by atoms with Crippen molar-refractivity contribution in [3.05, 3.63) is 29.8 Å². The van der Waals surface area contributed by atoms with Gasteiger partial charge in [0.25, 0.3) is 0 Å². The smallest absolute Gasteiger partial charge is 0.168 e. The molecular formula is C13H18O3. The zero-order valence-electron chi connectivity index (χ0n) is 9.93. The van der Waals surface area contributed by atoms with Crippen LogP contribution < -0.4 is 4.74 Å². The van der Waals surface area contributed by atoms with Gasteiger partial charge in [-0.25, -0.2) is 0 Å². The van der Waals surface area contributed by atoms with Crippen molar-refractivity contribution in [3.63, 3.8) is 0 Å². The lowest BCUT2D eigenvalue weighted by Gasteiger charge is -2.17. The second kappa shape index (κ2) is 5.66. The Morgan fingerprint density at radius 1 is 1.44 bits per heavy atom. The number of methoxy groups -OCH3 is 1. The molecule has 0 saturated carbocycles. The summed E-state index contributed by atoms with van der Waals surface area (Å²) >= 11 is 0. The van der Waals surface area contributed by atoms with Gasteiger partial charge in [-0.05, 0) is 18.1 Å². The molecule has 0 aromatic heterocycles. The van der Waals surface area contributed by atoms with Gasteiger partial charge in [-0.1, -0.05) is 26.0 Å². The second-order valence-electron chi connectivity index (χ2n) is 4.13. The summed E-state index contributed by atoms with van der Waals surface area (Å²) in [7, 11) is 1.57. The highest BCUT2D eigenvalue weighted by Crippen LogP contribution is 2.20. The molecule has 1 aromatic rings. The molecule has 0 bridgehead atoms. The van der Waals surface area contributed by atoms with E-state index >= 15 is 0 Å². The van der Waals surface area contributed by atoms with Crippen molar-refractivity contribution in [1.29, 1.82) is 0 Å². The third kappa shape index (κ3) is 2.83. The van der Waals surface area contributed by atoms with Crippen LogP contribution >= 0.6 is 0 Å². The number of aliphatic hydroxyl groups is 1. The van der Waals surface area contributed by atoms with Gasteiger partial charge in [-0.3, -0.25) is 4.79 Å². The molecule has 0 aliphatic carbocycles. The van der Waals surface area contributed by atoms with Crippen molar-refractivity contribution < 1.29 is 14.6 Å². The van der Waals surface area contributed by atoms with E-state index in [1.165, 1.54) is 0 Å². The predicted molar refractivity (Wildman–Crippen MR) is 62.7 cm³/mol. The van der Waals surface area contributed by atoms with Gasteiger partial charge in [-0.15, -0.1) is 0 Å². The van der Waals surface area contributed by atoms with E-state index in [1.54, 1.807) is 31.4 Å². The van der Waals surface area contributed by atoms with E-state index in [2.05, 4.69) is 0 Å². The van der Waals surface area contributed by atoms with Gasteiger partial charge < -0.3 is 9.84 Å². The van der Waals surface area contributed by atoms with Crippen molar-refractivity contribution >= 4 is 5.78 Å². The number of carbonyl (C=O) groups excluding carboxylic acids is 1. The van der Waals surface area contributed by atoms with Gasteiger partial charge in [0, 0.05) is 11.5 Å². The first-order valence-corrected chi connectivity index (χ1v) is 5.39. The van der Waals surface area contributed by atoms with Crippen LogP contribution in [-0.2, 0) is 0 Å². The van der Waals surface area contributed by atoms with Crippen molar-refractivity contribution in [2.24, 2.45) is 11.8 Å². The van der Waals surface area contributed by atoms with Crippen LogP contribution in [0.2, 0.25) is 0 Å². The minimum Gasteiger partial charge on any atom is -0.497 e. The van der Waals surface area contributed by atoms with E-state index in [9.17, 15) is 9.90 Å². The van der Waals surface area contributed by atoms with Gasteiger partial charge in [-0.2, -0.15) is 0 Å². The number of carbonyl (C=O) groups is 1. The third-order valence-corrected chi connectivity index (χ3v) is 2.69. The first-order valence-electron chi connectivity index (χ1n) is 5.39. The average molecular weight is 222 g/mol. The summed E-state index contributed by atoms with van der Waals surface area (Å²) < 4.78 is 5.06. The molecule has 0 aliphatic heterocycles. The maximum absolute atomic E-state index is 12.1. The largest absolute Gasteiger partial charge is 0.497 e. The van der Waals surface area contributed by atoms with E-state index in [0.717, 1.165) is 0 Å². The Labute approximate surface area is 96.1 Å². The highest BCUT2D eigenvalue weighted by molar-refractivity contribution is 5.98. The van der Waals surface area contributed by atoms with Crippen molar-refractivity contribution in [2.45, 2.75) is 13.8 Å². The molecule has 16 heavy (non-hydrogen) atoms. The number of benzene rings is 1. The van der Waals surface area contributed by atoms with Crippen LogP contribution in [0.15, 0.2) is 24.3 Å². The normalized spacial score (nSPS) is 12.6. The molecule has 0 saturated heterocycles. The average Bonchev–Trinajstić information content (AvgIpc) is 2.29. The highest BCUT2D eigenvalue weighted by Gasteiger charge is 2.22. The van der Waals surface area contributed by atoms with E-state index in [-0.39, 0.29) is 24.2 Å². The molecule has 1 unspecified atom stereocenters. The number of hydrogen-bond donors (Lipinski definition) is 1. The number of aliphatic hydroxyl groups excluding tert-OH is 1. The third-order valence-electron chi connectivity index (χ3n) is 2.69. The molecule has 1 aromatic carbocycles. The standard InChI is InChI=1S/C13H18O3/c1-9(2)12(8-14)13(15)10-5-4-6-11(7-10)16-3/h4-7,9,12,14H,8H2,1-3H3. The van der Waals surface area contributed by atoms with E-state index in [4.69, 9.17) is 4.74 Å². The lowest BCUT2D eigenvalue weighted by atomic mass is 9.88. The lowest BCUT2D eigenvalue weighted by Crippen LogP contribution is -2.24. The van der Waals surface area contributed by atoms with E-state index in [0.29, 0.717) is 11.3 Å². The van der Waals surface area contributed by atoms with E-state index in [1.807, 2.05) is 13.8 Å². The fraction of sp³-hybridized carbons (Fsp3) is 0.462. The molecule has 1 atom stereocenters. The molecule has 3 heteroatoms. The Morgan fingerprint density at radius 3 is 2.62 bits per heavy atom. The minimum absolute atomic E-state index is 0.0311. The van der Waals surface area contributed by atoms with Crippen molar-refractivity contribution in [1.82, 2.24) is 0 Å². The SMILES string of the molecule is COc1cccc(C(=O)C(CO)C(C)C)c1. The number of rotatable bonds is 5. The van der Waals surface area contributed by atoms with Crippen LogP contribution in [0.5, 0.6) is 5.75 Å². The van der Waals surface area contributed by atoms with Crippen molar-refractivity contribution in [2.75, 3.05) is 13.7 Å². The summed E-state index contributed by atoms with van der Waals surface area (Å²) in [5.74, 6) is 0.415. The Morgan fingerprint density at radius 2 is 2.12 bits per heavy atom. The lowest BCUT2D eigenvalue weighted by molar-refractivity contribution is 0.0806. The van der Waals surface area contributed by atoms with Crippen LogP contribution in [0.25, 0.3) is 0 Å². The van der Waals surface area contributed by atoms with Crippen LogP contribution in [0.1, 0.15) is 24.2 Å². The molecule has 0 amide bonds. The first kappa shape index (κ1) is 12.7. The van der Waals surface area contributed by atoms with Crippen LogP contribution in [0.4, 0.5) is 0 Å². The minimum atomic E-state index is -0.341. The van der Waals surface area contributed by atoms with Crippen molar-refractivity contribution in [3.8, 4) is 5.75 Å². The molecular weight excluding hydrogens is 204 g/mol. The number of ketones is 1. The monoisotopic (exact) mass is 222 g/mol. The molecule has 3 nitrogen and oxygen atoms in total. The van der Waals surface area contributed by atoms with Crippen LogP contribution in [0, 0.1) is 11.8 Å². The van der Waals surface area contributed by atoms with Crippen LogP contribution in [-0.4, -0.2) is 24.6 Å². The molecule has 0 spiro atoms. The maximum Gasteiger partial charge on any atom is 0.168 e. The number of Topliss-reactive ketones (excluding diaryl/α,β-unsaturated/α-hetero) is 1. The Bertz CT molecular complexity index is 358. The fourth-order valence-corrected chi connectivity index (χ4v) is 1.59. The highest BCUT2D eigenvalue weighted by atomic mass is 16.5. The maximum atomic E-state index is 12.1. The van der Waals surface area contributed by atoms with Gasteiger partial charge in [0.1, 0.15) is 5.75 Å². The molecule has 1 rings (SSSR count). The molecule has 0 fully saturated rings. The quantitative estimate of drug-likeness (QED) is 0.776. The second-order valence-corrected chi connectivity index (χ2v) is 4.13. The first-order chi connectivity index (χ1) is 7.60. The molecule has 0 aliphatic rings. The van der Waals surface area contributed by atoms with Gasteiger partial charge in [0.05, 0.1) is 13.7 Å². The fourth-order valence-electron chi connectivity index (χ4n) is 1.59. The van der Waals surface area contributed by atoms with E-state index < -0.39 is 0 Å². The Balaban J connectivity index is 2.94.